The lowest BCUT2D eigenvalue weighted by molar-refractivity contribution is -0.140. The van der Waals surface area contributed by atoms with E-state index in [1.54, 1.807) is 6.07 Å². The number of halogens is 1. The number of nitrogens with zero attached hydrogens (tertiary/aromatic N) is 1. The first-order valence-electron chi connectivity index (χ1n) is 14.9. The quantitative estimate of drug-likeness (QED) is 0.0597. The SMILES string of the molecule is N[C@@H](CCC(O)N[C@@H](CSc1c(/C=C/[C@@H](O)C[C@@H](O)CC(=O)O)cnc2cc(Sc3ccccc3)c(F)cc12)C(=O)NCC(=O)O)C(=O)O. The minimum Gasteiger partial charge on any atom is -0.481 e. The number of carboxylic acids is 3. The molecule has 14 nitrogen and oxygen atoms in total. The highest BCUT2D eigenvalue weighted by Gasteiger charge is 2.25. The largest absolute Gasteiger partial charge is 0.481 e. The maximum absolute atomic E-state index is 15.6. The molecule has 0 fully saturated rings. The minimum absolute atomic E-state index is 0.129. The second-order valence-electron chi connectivity index (χ2n) is 10.9. The minimum atomic E-state index is -1.40. The number of hydrogen-bond donors (Lipinski definition) is 9. The van der Waals surface area contributed by atoms with Gasteiger partial charge in [-0.05, 0) is 37.1 Å². The Balaban J connectivity index is 1.97. The fraction of sp³-hybridized carbons (Fsp3) is 0.344. The van der Waals surface area contributed by atoms with Gasteiger partial charge in [-0.25, -0.2) is 4.39 Å². The second-order valence-corrected chi connectivity index (χ2v) is 13.0. The number of nitrogens with one attached hydrogen (secondary N) is 2. The zero-order chi connectivity index (χ0) is 36.1. The van der Waals surface area contributed by atoms with E-state index in [0.717, 1.165) is 16.7 Å². The van der Waals surface area contributed by atoms with Crippen LogP contribution in [0.4, 0.5) is 4.39 Å². The second kappa shape index (κ2) is 19.2. The van der Waals surface area contributed by atoms with Crippen LogP contribution in [0.5, 0.6) is 0 Å². The Kier molecular flexibility index (Phi) is 15.4. The first-order valence-corrected chi connectivity index (χ1v) is 16.7. The normalized spacial score (nSPS) is 14.6. The Morgan fingerprint density at radius 3 is 2.37 bits per heavy atom. The molecule has 17 heteroatoms. The third-order valence-corrected chi connectivity index (χ3v) is 9.16. The molecule has 0 spiro atoms. The molecule has 0 bridgehead atoms. The highest BCUT2D eigenvalue weighted by molar-refractivity contribution is 7.99. The van der Waals surface area contributed by atoms with Crippen molar-refractivity contribution < 1.29 is 54.2 Å². The van der Waals surface area contributed by atoms with Gasteiger partial charge in [0.05, 0.1) is 35.1 Å². The molecule has 264 valence electrons. The van der Waals surface area contributed by atoms with Crippen LogP contribution in [0.2, 0.25) is 0 Å². The molecule has 0 saturated heterocycles. The average molecular weight is 721 g/mol. The zero-order valence-electron chi connectivity index (χ0n) is 25.9. The van der Waals surface area contributed by atoms with Crippen molar-refractivity contribution in [3.63, 3.8) is 0 Å². The van der Waals surface area contributed by atoms with Gasteiger partial charge in [0, 0.05) is 39.1 Å². The van der Waals surface area contributed by atoms with Gasteiger partial charge in [-0.2, -0.15) is 0 Å². The number of pyridine rings is 1. The molecule has 0 saturated carbocycles. The summed E-state index contributed by atoms with van der Waals surface area (Å²) in [5.41, 5.74) is 6.27. The lowest BCUT2D eigenvalue weighted by Gasteiger charge is -2.23. The Hall–Kier alpha value is -4.10. The third kappa shape index (κ3) is 13.0. The van der Waals surface area contributed by atoms with Crippen molar-refractivity contribution in [3.05, 3.63) is 66.1 Å². The number of hydrogen-bond acceptors (Lipinski definition) is 12. The zero-order valence-corrected chi connectivity index (χ0v) is 27.6. The van der Waals surface area contributed by atoms with E-state index in [1.807, 2.05) is 30.3 Å². The molecule has 5 atom stereocenters. The summed E-state index contributed by atoms with van der Waals surface area (Å²) >= 11 is 2.23. The number of rotatable bonds is 20. The maximum atomic E-state index is 15.6. The standard InChI is InChI=1S/C32H37FN4O10S2/c33-22-12-21-24(13-26(22)49-20-4-2-1-3-5-20)35-14-17(6-7-18(38)10-19(39)11-28(41)42)30(21)48-16-25(31(45)36-15-29(43)44)37-27(40)9-8-23(34)32(46)47/h1-7,12-14,18-19,23,25,27,37-40H,8-11,15-16,34H2,(H,36,45)(H,41,42)(H,43,44)(H,46,47)/b7-6+/t18-,19-,23+,25+,27?/m1/s1. The molecule has 1 unspecified atom stereocenters. The van der Waals surface area contributed by atoms with Gasteiger partial charge >= 0.3 is 17.9 Å². The number of carbonyl (C=O) groups excluding carboxylic acids is 1. The molecule has 0 aliphatic carbocycles. The number of carbonyl (C=O) groups is 4. The number of aromatic nitrogens is 1. The maximum Gasteiger partial charge on any atom is 0.322 e. The number of fused-ring (bicyclic) bond motifs is 1. The number of aliphatic hydroxyl groups is 3. The Labute approximate surface area is 288 Å². The molecule has 0 radical (unpaired) electrons. The van der Waals surface area contributed by atoms with Crippen LogP contribution in [0.1, 0.15) is 31.2 Å². The summed E-state index contributed by atoms with van der Waals surface area (Å²) < 4.78 is 15.6. The van der Waals surface area contributed by atoms with Crippen molar-refractivity contribution in [2.24, 2.45) is 5.73 Å². The van der Waals surface area contributed by atoms with Crippen LogP contribution in [0.25, 0.3) is 17.0 Å². The molecular weight excluding hydrogens is 684 g/mol. The summed E-state index contributed by atoms with van der Waals surface area (Å²) in [5.74, 6) is -5.33. The fourth-order valence-corrected chi connectivity index (χ4v) is 6.51. The fourth-order valence-electron chi connectivity index (χ4n) is 4.44. The number of thioether (sulfide) groups is 1. The summed E-state index contributed by atoms with van der Waals surface area (Å²) in [5, 5.41) is 63.1. The van der Waals surface area contributed by atoms with Crippen LogP contribution in [-0.2, 0) is 19.2 Å². The van der Waals surface area contributed by atoms with Gasteiger partial charge < -0.3 is 41.7 Å². The average Bonchev–Trinajstić information content (AvgIpc) is 3.04. The van der Waals surface area contributed by atoms with E-state index in [9.17, 15) is 34.5 Å². The summed E-state index contributed by atoms with van der Waals surface area (Å²) in [6.45, 7) is -0.716. The van der Waals surface area contributed by atoms with E-state index in [2.05, 4.69) is 15.6 Å². The van der Waals surface area contributed by atoms with Gasteiger partial charge in [-0.1, -0.05) is 42.1 Å². The summed E-state index contributed by atoms with van der Waals surface area (Å²) in [6, 6.07) is 9.45. The van der Waals surface area contributed by atoms with Crippen LogP contribution in [-0.4, -0.2) is 102 Å². The van der Waals surface area contributed by atoms with Crippen LogP contribution < -0.4 is 16.4 Å². The van der Waals surface area contributed by atoms with Crippen molar-refractivity contribution in [1.82, 2.24) is 15.6 Å². The Morgan fingerprint density at radius 1 is 1.00 bits per heavy atom. The van der Waals surface area contributed by atoms with E-state index in [-0.39, 0.29) is 25.0 Å². The first kappa shape index (κ1) is 39.3. The molecular formula is C32H37FN4O10S2. The Morgan fingerprint density at radius 2 is 1.71 bits per heavy atom. The molecule has 10 N–H and O–H groups in total. The lowest BCUT2D eigenvalue weighted by Crippen LogP contribution is -2.51. The van der Waals surface area contributed by atoms with Gasteiger partial charge in [-0.15, -0.1) is 11.8 Å². The van der Waals surface area contributed by atoms with Gasteiger partial charge in [0.2, 0.25) is 5.91 Å². The summed E-state index contributed by atoms with van der Waals surface area (Å²) in [6.07, 6.45) is -0.893. The van der Waals surface area contributed by atoms with E-state index in [0.29, 0.717) is 26.3 Å². The molecule has 3 rings (SSSR count). The van der Waals surface area contributed by atoms with E-state index >= 15 is 4.39 Å². The number of aliphatic hydroxyl groups excluding tert-OH is 3. The highest BCUT2D eigenvalue weighted by Crippen LogP contribution is 2.37. The molecule has 0 aliphatic heterocycles. The van der Waals surface area contributed by atoms with Crippen LogP contribution in [0.3, 0.4) is 0 Å². The number of carboxylic acid groups (broad SMARTS) is 3. The number of amides is 1. The van der Waals surface area contributed by atoms with E-state index < -0.39 is 73.1 Å². The third-order valence-electron chi connectivity index (χ3n) is 6.88. The van der Waals surface area contributed by atoms with E-state index in [1.165, 1.54) is 36.2 Å². The molecule has 1 amide bonds. The molecule has 49 heavy (non-hydrogen) atoms. The number of aliphatic carboxylic acids is 3. The lowest BCUT2D eigenvalue weighted by atomic mass is 10.1. The summed E-state index contributed by atoms with van der Waals surface area (Å²) in [4.78, 5) is 52.0. The molecule has 1 aromatic heterocycles. The Bertz CT molecular complexity index is 1650. The van der Waals surface area contributed by atoms with E-state index in [4.69, 9.17) is 21.1 Å². The summed E-state index contributed by atoms with van der Waals surface area (Å²) in [7, 11) is 0. The van der Waals surface area contributed by atoms with Gasteiger partial charge in [-0.3, -0.25) is 29.5 Å². The van der Waals surface area contributed by atoms with Crippen molar-refractivity contribution in [2.75, 3.05) is 12.3 Å². The van der Waals surface area contributed by atoms with Gasteiger partial charge in [0.1, 0.15) is 24.6 Å². The van der Waals surface area contributed by atoms with Gasteiger partial charge in [0.25, 0.3) is 0 Å². The van der Waals surface area contributed by atoms with Crippen LogP contribution in [0.15, 0.2) is 69.4 Å². The van der Waals surface area contributed by atoms with Gasteiger partial charge in [0.15, 0.2) is 0 Å². The molecule has 1 heterocycles. The first-order chi connectivity index (χ1) is 23.2. The number of benzene rings is 2. The highest BCUT2D eigenvalue weighted by atomic mass is 32.2. The number of nitrogens with two attached hydrogens (primary N) is 1. The topological polar surface area (TPSA) is 253 Å². The van der Waals surface area contributed by atoms with Crippen molar-refractivity contribution in [1.29, 1.82) is 0 Å². The smallest absolute Gasteiger partial charge is 0.322 e. The molecule has 2 aromatic carbocycles. The van der Waals surface area contributed by atoms with Crippen LogP contribution in [0, 0.1) is 5.82 Å². The van der Waals surface area contributed by atoms with Crippen molar-refractivity contribution in [3.8, 4) is 0 Å². The predicted octanol–water partition coefficient (Wildman–Crippen LogP) is 1.89. The predicted molar refractivity (Wildman–Crippen MR) is 179 cm³/mol. The molecule has 0 aliphatic rings. The molecule has 3 aromatic rings. The van der Waals surface area contributed by atoms with Crippen molar-refractivity contribution in [2.45, 2.75) is 70.9 Å². The monoisotopic (exact) mass is 720 g/mol. The van der Waals surface area contributed by atoms with Crippen LogP contribution >= 0.6 is 23.5 Å². The van der Waals surface area contributed by atoms with Crippen molar-refractivity contribution >= 4 is 64.3 Å².